The van der Waals surface area contributed by atoms with Crippen molar-refractivity contribution in [2.24, 2.45) is 39.4 Å². The Morgan fingerprint density at radius 3 is 2.02 bits per heavy atom. The molecule has 0 unspecified atom stereocenters. The number of carboxylic acid groups (broad SMARTS) is 1. The molecule has 1 aromatic carbocycles. The second-order valence-electron chi connectivity index (χ2n) is 15.3. The van der Waals surface area contributed by atoms with Crippen LogP contribution >= 0.6 is 0 Å². The van der Waals surface area contributed by atoms with Gasteiger partial charge in [0.2, 0.25) is 47.3 Å². The van der Waals surface area contributed by atoms with E-state index in [-0.39, 0.29) is 51.3 Å². The van der Waals surface area contributed by atoms with Crippen LogP contribution in [0.25, 0.3) is 10.9 Å². The number of guanidine groups is 1. The second kappa shape index (κ2) is 25.3. The second-order valence-corrected chi connectivity index (χ2v) is 15.3. The van der Waals surface area contributed by atoms with Crippen LogP contribution in [-0.2, 0) is 49.6 Å². The first-order chi connectivity index (χ1) is 30.4. The van der Waals surface area contributed by atoms with Gasteiger partial charge in [-0.3, -0.25) is 43.3 Å². The number of primary amides is 2. The number of benzene rings is 1. The van der Waals surface area contributed by atoms with Gasteiger partial charge in [-0.1, -0.05) is 18.2 Å². The monoisotopic (exact) mass is 900 g/mol. The fourth-order valence-electron chi connectivity index (χ4n) is 7.00. The Bertz CT molecular complexity index is 2020. The number of aliphatic imine (C=N–C) groups is 1. The minimum Gasteiger partial charge on any atom is -0.480 e. The van der Waals surface area contributed by atoms with Gasteiger partial charge in [-0.15, -0.1) is 0 Å². The molecule has 8 amide bonds. The van der Waals surface area contributed by atoms with E-state index in [0.717, 1.165) is 0 Å². The van der Waals surface area contributed by atoms with E-state index in [9.17, 15) is 53.4 Å². The minimum absolute atomic E-state index is 0.0437. The molecule has 64 heavy (non-hydrogen) atoms. The molecule has 352 valence electrons. The lowest BCUT2D eigenvalue weighted by molar-refractivity contribution is -0.146. The number of amides is 8. The van der Waals surface area contributed by atoms with Gasteiger partial charge in [0, 0.05) is 36.6 Å². The van der Waals surface area contributed by atoms with E-state index < -0.39 is 115 Å². The molecule has 0 bridgehead atoms. The van der Waals surface area contributed by atoms with Crippen LogP contribution in [0.5, 0.6) is 0 Å². The number of carbonyl (C=O) groups excluding carboxylic acids is 8. The first-order valence-corrected chi connectivity index (χ1v) is 20.6. The fourth-order valence-corrected chi connectivity index (χ4v) is 7.00. The van der Waals surface area contributed by atoms with E-state index in [1.54, 1.807) is 30.5 Å². The van der Waals surface area contributed by atoms with Gasteiger partial charge in [0.05, 0.1) is 25.5 Å². The van der Waals surface area contributed by atoms with Gasteiger partial charge in [-0.2, -0.15) is 0 Å². The zero-order valence-electron chi connectivity index (χ0n) is 35.3. The summed E-state index contributed by atoms with van der Waals surface area (Å²) < 4.78 is 0. The Morgan fingerprint density at radius 2 is 1.38 bits per heavy atom. The highest BCUT2D eigenvalue weighted by atomic mass is 16.4. The summed E-state index contributed by atoms with van der Waals surface area (Å²) in [5, 5.41) is 32.6. The summed E-state index contributed by atoms with van der Waals surface area (Å²) in [5.74, 6) is -9.01. The van der Waals surface area contributed by atoms with Crippen LogP contribution in [0, 0.1) is 0 Å². The van der Waals surface area contributed by atoms with Gasteiger partial charge in [0.25, 0.3) is 0 Å². The molecule has 0 aliphatic carbocycles. The largest absolute Gasteiger partial charge is 0.480 e. The molecule has 1 aliphatic rings. The smallest absolute Gasteiger partial charge is 0.326 e. The molecule has 1 saturated heterocycles. The van der Waals surface area contributed by atoms with Gasteiger partial charge in [-0.05, 0) is 63.1 Å². The van der Waals surface area contributed by atoms with Crippen LogP contribution < -0.4 is 61.0 Å². The van der Waals surface area contributed by atoms with E-state index in [1.165, 1.54) is 4.90 Å². The van der Waals surface area contributed by atoms with Crippen molar-refractivity contribution >= 4 is 70.1 Å². The summed E-state index contributed by atoms with van der Waals surface area (Å²) in [5.41, 5.74) is 34.0. The summed E-state index contributed by atoms with van der Waals surface area (Å²) >= 11 is 0. The highest BCUT2D eigenvalue weighted by molar-refractivity contribution is 5.99. The summed E-state index contributed by atoms with van der Waals surface area (Å²) in [4.78, 5) is 125. The van der Waals surface area contributed by atoms with Crippen molar-refractivity contribution in [1.82, 2.24) is 36.5 Å². The molecule has 25 nitrogen and oxygen atoms in total. The third-order valence-corrected chi connectivity index (χ3v) is 10.3. The molecule has 20 N–H and O–H groups in total. The fraction of sp³-hybridized carbons (Fsp3) is 0.538. The standard InChI is InChI=1S/C39H60N14O11/c40-12-4-3-10-24(37(62)53-14-6-11-29(53)36(61)51-27(38(63)64)17-31(43)56)48-33(58)25(15-20-18-47-23-9-2-1-7-21(20)23)50-35(60)28(19-54)52-34(59)26(16-30(42)55)49-32(57)22(41)8-5-13-46-39(44)45/h1-2,7,9,18,22,24-29,47,54H,3-6,8,10-17,19,40-41H2,(H2,42,55)(H2,43,56)(H,48,58)(H,49,57)(H,50,60)(H,51,61)(H,52,59)(H,63,64)(H4,44,45,46)/t22-,24-,25-,26-,27-,28-,29-/m0/s1. The molecule has 1 fully saturated rings. The third kappa shape index (κ3) is 15.8. The number of fused-ring (bicyclic) bond motifs is 1. The normalized spacial score (nSPS) is 16.2. The number of aliphatic hydroxyl groups is 1. The number of H-pyrrole nitrogens is 1. The molecule has 2 aromatic rings. The lowest BCUT2D eigenvalue weighted by Crippen LogP contribution is -2.61. The van der Waals surface area contributed by atoms with E-state index in [0.29, 0.717) is 42.1 Å². The number of aromatic nitrogens is 1. The first-order valence-electron chi connectivity index (χ1n) is 20.6. The summed E-state index contributed by atoms with van der Waals surface area (Å²) in [7, 11) is 0. The molecular formula is C39H60N14O11. The van der Waals surface area contributed by atoms with Crippen LogP contribution in [0.15, 0.2) is 35.5 Å². The molecule has 0 radical (unpaired) electrons. The summed E-state index contributed by atoms with van der Waals surface area (Å²) in [6, 6.07) is -2.98. The third-order valence-electron chi connectivity index (χ3n) is 10.3. The lowest BCUT2D eigenvalue weighted by Gasteiger charge is -2.30. The molecule has 3 rings (SSSR count). The average Bonchev–Trinajstić information content (AvgIpc) is 3.90. The van der Waals surface area contributed by atoms with Crippen molar-refractivity contribution in [3.63, 3.8) is 0 Å². The van der Waals surface area contributed by atoms with E-state index in [1.807, 2.05) is 0 Å². The molecule has 25 heteroatoms. The number of aromatic amines is 1. The molecule has 1 aromatic heterocycles. The Hall–Kier alpha value is -6.86. The number of aliphatic carboxylic acids is 1. The van der Waals surface area contributed by atoms with Crippen molar-refractivity contribution in [3.8, 4) is 0 Å². The number of carboxylic acids is 1. The Balaban J connectivity index is 1.87. The topological polar surface area (TPSA) is 442 Å². The molecule has 2 heterocycles. The van der Waals surface area contributed by atoms with Crippen LogP contribution in [0.3, 0.4) is 0 Å². The van der Waals surface area contributed by atoms with Crippen molar-refractivity contribution in [1.29, 1.82) is 0 Å². The van der Waals surface area contributed by atoms with E-state index in [4.69, 9.17) is 34.4 Å². The number of nitrogens with one attached hydrogen (secondary N) is 6. The highest BCUT2D eigenvalue weighted by Gasteiger charge is 2.40. The van der Waals surface area contributed by atoms with Crippen molar-refractivity contribution in [3.05, 3.63) is 36.0 Å². The maximum Gasteiger partial charge on any atom is 0.326 e. The number of likely N-dealkylation sites (tertiary alicyclic amines) is 1. The van der Waals surface area contributed by atoms with Crippen LogP contribution in [0.4, 0.5) is 0 Å². The molecule has 7 atom stereocenters. The number of nitrogens with zero attached hydrogens (tertiary/aromatic N) is 2. The predicted molar refractivity (Wildman–Crippen MR) is 230 cm³/mol. The van der Waals surface area contributed by atoms with Gasteiger partial charge in [0.1, 0.15) is 36.3 Å². The van der Waals surface area contributed by atoms with E-state index >= 15 is 0 Å². The minimum atomic E-state index is -1.75. The Labute approximate surface area is 367 Å². The average molecular weight is 901 g/mol. The summed E-state index contributed by atoms with van der Waals surface area (Å²) in [6.45, 7) is -0.516. The van der Waals surface area contributed by atoms with Crippen LogP contribution in [-0.4, -0.2) is 148 Å². The predicted octanol–water partition coefficient (Wildman–Crippen LogP) is -5.54. The molecular weight excluding hydrogens is 841 g/mol. The van der Waals surface area contributed by atoms with Gasteiger partial charge in [0.15, 0.2) is 5.96 Å². The number of unbranched alkanes of at least 4 members (excludes halogenated alkanes) is 1. The first kappa shape index (κ1) is 51.5. The number of hydrogen-bond acceptors (Lipinski definition) is 13. The maximum atomic E-state index is 14.3. The van der Waals surface area contributed by atoms with Gasteiger partial charge >= 0.3 is 5.97 Å². The van der Waals surface area contributed by atoms with Crippen molar-refractivity contribution in [2.45, 2.75) is 107 Å². The van der Waals surface area contributed by atoms with Gasteiger partial charge < -0.3 is 81.1 Å². The number of aliphatic hydroxyl groups excluding tert-OH is 1. The molecule has 1 aliphatic heterocycles. The molecule has 0 saturated carbocycles. The Morgan fingerprint density at radius 1 is 0.766 bits per heavy atom. The quantitative estimate of drug-likeness (QED) is 0.0226. The van der Waals surface area contributed by atoms with E-state index in [2.05, 4.69) is 36.6 Å². The number of nitrogens with two attached hydrogens (primary N) is 6. The summed E-state index contributed by atoms with van der Waals surface area (Å²) in [6.07, 6.45) is 1.77. The number of carbonyl (C=O) groups is 9. The SMILES string of the molecule is NCCCC[C@H](NC(=O)[C@H](Cc1c[nH]c2ccccc12)NC(=O)[C@H](CO)NC(=O)[C@H](CC(N)=O)NC(=O)[C@@H](N)CCCN=C(N)N)C(=O)N1CCC[C@H]1C(=O)N[C@@H](CC(N)=O)C(=O)O. The van der Waals surface area contributed by atoms with Crippen molar-refractivity contribution < 1.29 is 53.4 Å². The highest BCUT2D eigenvalue weighted by Crippen LogP contribution is 2.22. The number of hydrogen-bond donors (Lipinski definition) is 14. The Kier molecular flexibility index (Phi) is 20.4. The zero-order chi connectivity index (χ0) is 47.5. The van der Waals surface area contributed by atoms with Crippen LogP contribution in [0.1, 0.15) is 63.4 Å². The maximum absolute atomic E-state index is 14.3. The zero-order valence-corrected chi connectivity index (χ0v) is 35.3. The number of para-hydroxylation sites is 1. The molecule has 0 spiro atoms. The van der Waals surface area contributed by atoms with Gasteiger partial charge in [-0.25, -0.2) is 4.79 Å². The van der Waals surface area contributed by atoms with Crippen molar-refractivity contribution in [2.75, 3.05) is 26.2 Å². The lowest BCUT2D eigenvalue weighted by atomic mass is 10.0. The van der Waals surface area contributed by atoms with Crippen LogP contribution in [0.2, 0.25) is 0 Å². The number of rotatable bonds is 27.